The lowest BCUT2D eigenvalue weighted by molar-refractivity contribution is 0.198. The Morgan fingerprint density at radius 1 is 1.26 bits per heavy atom. The van der Waals surface area contributed by atoms with E-state index in [0.29, 0.717) is 5.82 Å². The highest BCUT2D eigenvalue weighted by Crippen LogP contribution is 2.24. The number of pyridine rings is 2. The highest BCUT2D eigenvalue weighted by molar-refractivity contribution is 5.72. The normalized spacial score (nSPS) is 10.4. The highest BCUT2D eigenvalue weighted by atomic mass is 16.5. The van der Waals surface area contributed by atoms with Gasteiger partial charge in [0.05, 0.1) is 5.69 Å². The van der Waals surface area contributed by atoms with Crippen LogP contribution in [0.15, 0.2) is 36.8 Å². The first-order chi connectivity index (χ1) is 9.31. The van der Waals surface area contributed by atoms with E-state index in [1.807, 2.05) is 18.2 Å². The molecule has 2 heterocycles. The van der Waals surface area contributed by atoms with Gasteiger partial charge < -0.3 is 15.8 Å². The van der Waals surface area contributed by atoms with Gasteiger partial charge in [-0.05, 0) is 30.2 Å². The molecule has 0 atom stereocenters. The number of hydrogen-bond donors (Lipinski definition) is 2. The van der Waals surface area contributed by atoms with E-state index in [9.17, 15) is 0 Å². The number of nitrogen functional groups attached to an aromatic ring is 1. The number of nitrogens with zero attached hydrogens (tertiary/aromatic N) is 2. The quantitative estimate of drug-likeness (QED) is 0.777. The molecule has 0 unspecified atom stereocenters. The van der Waals surface area contributed by atoms with Crippen molar-refractivity contribution in [1.82, 2.24) is 9.97 Å². The van der Waals surface area contributed by atoms with Crippen LogP contribution in [0.5, 0.6) is 0 Å². The highest BCUT2D eigenvalue weighted by Gasteiger charge is 2.04. The molecule has 5 nitrogen and oxygen atoms in total. The molecular formula is C14H18N4O. The second kappa shape index (κ2) is 6.70. The van der Waals surface area contributed by atoms with Crippen molar-refractivity contribution in [2.75, 3.05) is 31.3 Å². The molecule has 0 aliphatic heterocycles. The van der Waals surface area contributed by atoms with Crippen molar-refractivity contribution in [3.8, 4) is 11.1 Å². The van der Waals surface area contributed by atoms with Crippen molar-refractivity contribution < 1.29 is 4.74 Å². The lowest BCUT2D eigenvalue weighted by Gasteiger charge is -2.10. The van der Waals surface area contributed by atoms with Crippen LogP contribution >= 0.6 is 0 Å². The number of rotatable bonds is 6. The maximum Gasteiger partial charge on any atom is 0.146 e. The third kappa shape index (κ3) is 3.66. The van der Waals surface area contributed by atoms with E-state index in [4.69, 9.17) is 10.5 Å². The number of nitrogens with two attached hydrogens (primary N) is 1. The summed E-state index contributed by atoms with van der Waals surface area (Å²) in [5.74, 6) is 0.509. The van der Waals surface area contributed by atoms with Gasteiger partial charge in [-0.15, -0.1) is 0 Å². The molecule has 0 saturated heterocycles. The fraction of sp³-hybridized carbons (Fsp3) is 0.286. The fourth-order valence-electron chi connectivity index (χ4n) is 1.76. The van der Waals surface area contributed by atoms with E-state index in [1.165, 1.54) is 0 Å². The number of anilines is 2. The lowest BCUT2D eigenvalue weighted by Crippen LogP contribution is -2.07. The Hall–Kier alpha value is -2.14. The molecule has 100 valence electrons. The van der Waals surface area contributed by atoms with Gasteiger partial charge in [0.15, 0.2) is 0 Å². The minimum Gasteiger partial charge on any atom is -0.385 e. The first kappa shape index (κ1) is 13.3. The molecule has 0 radical (unpaired) electrons. The molecule has 0 amide bonds. The Kier molecular flexibility index (Phi) is 4.69. The van der Waals surface area contributed by atoms with Gasteiger partial charge in [-0.2, -0.15) is 0 Å². The van der Waals surface area contributed by atoms with E-state index < -0.39 is 0 Å². The number of hydrogen-bond acceptors (Lipinski definition) is 5. The Bertz CT molecular complexity index is 516. The molecule has 0 fully saturated rings. The van der Waals surface area contributed by atoms with Crippen molar-refractivity contribution in [1.29, 1.82) is 0 Å². The third-order valence-corrected chi connectivity index (χ3v) is 2.77. The van der Waals surface area contributed by atoms with Gasteiger partial charge in [0.1, 0.15) is 5.82 Å². The maximum absolute atomic E-state index is 5.87. The second-order valence-electron chi connectivity index (χ2n) is 4.17. The fourth-order valence-corrected chi connectivity index (χ4v) is 1.76. The van der Waals surface area contributed by atoms with Crippen LogP contribution in [0.1, 0.15) is 6.42 Å². The van der Waals surface area contributed by atoms with E-state index in [1.54, 1.807) is 25.7 Å². The number of nitrogens with one attached hydrogen (secondary N) is 1. The molecular weight excluding hydrogens is 240 g/mol. The van der Waals surface area contributed by atoms with Crippen molar-refractivity contribution in [2.45, 2.75) is 6.42 Å². The molecule has 2 aromatic heterocycles. The van der Waals surface area contributed by atoms with Crippen LogP contribution in [0.3, 0.4) is 0 Å². The summed E-state index contributed by atoms with van der Waals surface area (Å²) in [6.07, 6.45) is 6.22. The molecule has 0 saturated carbocycles. The van der Waals surface area contributed by atoms with Crippen LogP contribution in [0, 0.1) is 0 Å². The average molecular weight is 258 g/mol. The zero-order valence-corrected chi connectivity index (χ0v) is 11.0. The zero-order valence-electron chi connectivity index (χ0n) is 11.0. The summed E-state index contributed by atoms with van der Waals surface area (Å²) in [4.78, 5) is 8.22. The standard InChI is InChI=1S/C14H18N4O/c1-19-8-2-5-17-13-9-12(10-18-14(13)15)11-3-6-16-7-4-11/h3-4,6-7,9-10,17H,2,5,8H2,1H3,(H2,15,18). The third-order valence-electron chi connectivity index (χ3n) is 2.77. The van der Waals surface area contributed by atoms with Crippen molar-refractivity contribution in [2.24, 2.45) is 0 Å². The van der Waals surface area contributed by atoms with Gasteiger partial charge >= 0.3 is 0 Å². The van der Waals surface area contributed by atoms with Crippen LogP contribution < -0.4 is 11.1 Å². The van der Waals surface area contributed by atoms with Gasteiger partial charge in [-0.3, -0.25) is 4.98 Å². The SMILES string of the molecule is COCCCNc1cc(-c2ccncc2)cnc1N. The van der Waals surface area contributed by atoms with E-state index >= 15 is 0 Å². The predicted octanol–water partition coefficient (Wildman–Crippen LogP) is 2.17. The van der Waals surface area contributed by atoms with Crippen LogP contribution in [0.25, 0.3) is 11.1 Å². The summed E-state index contributed by atoms with van der Waals surface area (Å²) in [5, 5.41) is 3.27. The van der Waals surface area contributed by atoms with Gasteiger partial charge in [-0.1, -0.05) is 0 Å². The first-order valence-electron chi connectivity index (χ1n) is 6.20. The van der Waals surface area contributed by atoms with E-state index in [-0.39, 0.29) is 0 Å². The molecule has 0 aliphatic rings. The van der Waals surface area contributed by atoms with Gasteiger partial charge in [-0.25, -0.2) is 4.98 Å². The molecule has 0 aromatic carbocycles. The number of ether oxygens (including phenoxy) is 1. The van der Waals surface area contributed by atoms with Gasteiger partial charge in [0.25, 0.3) is 0 Å². The molecule has 0 bridgehead atoms. The Labute approximate surface area is 112 Å². The van der Waals surface area contributed by atoms with Crippen molar-refractivity contribution in [3.63, 3.8) is 0 Å². The first-order valence-corrected chi connectivity index (χ1v) is 6.20. The Balaban J connectivity index is 2.11. The molecule has 5 heteroatoms. The summed E-state index contributed by atoms with van der Waals surface area (Å²) in [5.41, 5.74) is 8.81. The molecule has 0 aliphatic carbocycles. The molecule has 2 aromatic rings. The van der Waals surface area contributed by atoms with Crippen LogP contribution in [0.4, 0.5) is 11.5 Å². The lowest BCUT2D eigenvalue weighted by atomic mass is 10.1. The minimum atomic E-state index is 0.509. The largest absolute Gasteiger partial charge is 0.385 e. The summed E-state index contributed by atoms with van der Waals surface area (Å²) in [7, 11) is 1.69. The summed E-state index contributed by atoms with van der Waals surface area (Å²) < 4.78 is 5.01. The number of aromatic nitrogens is 2. The molecule has 19 heavy (non-hydrogen) atoms. The minimum absolute atomic E-state index is 0.509. The van der Waals surface area contributed by atoms with Crippen molar-refractivity contribution in [3.05, 3.63) is 36.8 Å². The Morgan fingerprint density at radius 2 is 2.05 bits per heavy atom. The second-order valence-corrected chi connectivity index (χ2v) is 4.17. The van der Waals surface area contributed by atoms with Crippen molar-refractivity contribution >= 4 is 11.5 Å². The maximum atomic E-state index is 5.87. The smallest absolute Gasteiger partial charge is 0.146 e. The van der Waals surface area contributed by atoms with Gasteiger partial charge in [0, 0.05) is 44.4 Å². The van der Waals surface area contributed by atoms with Crippen LogP contribution in [0.2, 0.25) is 0 Å². The molecule has 2 rings (SSSR count). The topological polar surface area (TPSA) is 73.1 Å². The predicted molar refractivity (Wildman–Crippen MR) is 76.9 cm³/mol. The van der Waals surface area contributed by atoms with Crippen LogP contribution in [-0.2, 0) is 4.74 Å². The molecule has 3 N–H and O–H groups in total. The monoisotopic (exact) mass is 258 g/mol. The summed E-state index contributed by atoms with van der Waals surface area (Å²) in [6.45, 7) is 1.53. The Morgan fingerprint density at radius 3 is 2.79 bits per heavy atom. The summed E-state index contributed by atoms with van der Waals surface area (Å²) >= 11 is 0. The molecule has 0 spiro atoms. The van der Waals surface area contributed by atoms with Gasteiger partial charge in [0.2, 0.25) is 0 Å². The van der Waals surface area contributed by atoms with E-state index in [2.05, 4.69) is 15.3 Å². The van der Waals surface area contributed by atoms with E-state index in [0.717, 1.165) is 36.4 Å². The number of methoxy groups -OCH3 is 1. The van der Waals surface area contributed by atoms with Crippen LogP contribution in [-0.4, -0.2) is 30.2 Å². The average Bonchev–Trinajstić information content (AvgIpc) is 2.46. The summed E-state index contributed by atoms with van der Waals surface area (Å²) in [6, 6.07) is 5.90. The zero-order chi connectivity index (χ0) is 13.5.